The van der Waals surface area contributed by atoms with Crippen LogP contribution in [0.25, 0.3) is 31.0 Å². The van der Waals surface area contributed by atoms with E-state index in [-0.39, 0.29) is 6.42 Å². The fraction of sp³-hybridized carbons (Fsp3) is 0.0500. The lowest BCUT2D eigenvalue weighted by Gasteiger charge is -2.06. The second kappa shape index (κ2) is 6.23. The highest BCUT2D eigenvalue weighted by Gasteiger charge is 2.15. The van der Waals surface area contributed by atoms with Crippen molar-refractivity contribution in [1.82, 2.24) is 0 Å². The molecule has 0 aliphatic heterocycles. The summed E-state index contributed by atoms with van der Waals surface area (Å²) >= 11 is 3.48. The van der Waals surface area contributed by atoms with Crippen LogP contribution < -0.4 is 0 Å². The van der Waals surface area contributed by atoms with Crippen LogP contribution in [-0.4, -0.2) is 11.1 Å². The third-order valence-corrected chi connectivity index (χ3v) is 6.23. The number of fused-ring (bicyclic) bond motifs is 1. The monoisotopic (exact) mass is 350 g/mol. The highest BCUT2D eigenvalue weighted by Crippen LogP contribution is 2.43. The third-order valence-electron chi connectivity index (χ3n) is 3.95. The quantitative estimate of drug-likeness (QED) is 0.496. The highest BCUT2D eigenvalue weighted by atomic mass is 32.1. The average molecular weight is 350 g/mol. The average Bonchev–Trinajstić information content (AvgIpc) is 3.16. The van der Waals surface area contributed by atoms with Crippen molar-refractivity contribution in [2.24, 2.45) is 0 Å². The lowest BCUT2D eigenvalue weighted by atomic mass is 10.00. The number of carboxylic acids is 1. The Bertz CT molecular complexity index is 1010. The van der Waals surface area contributed by atoms with E-state index in [0.29, 0.717) is 0 Å². The first kappa shape index (κ1) is 15.1. The van der Waals surface area contributed by atoms with E-state index in [1.807, 2.05) is 42.5 Å². The van der Waals surface area contributed by atoms with Crippen LogP contribution in [0.15, 0.2) is 66.0 Å². The molecule has 0 saturated carbocycles. The minimum absolute atomic E-state index is 0.0461. The van der Waals surface area contributed by atoms with E-state index in [4.69, 9.17) is 5.11 Å². The number of carbonyl (C=O) groups is 1. The van der Waals surface area contributed by atoms with E-state index in [9.17, 15) is 4.79 Å². The molecule has 2 aromatic heterocycles. The normalized spacial score (nSPS) is 11.0. The van der Waals surface area contributed by atoms with Crippen LogP contribution in [0.5, 0.6) is 0 Å². The van der Waals surface area contributed by atoms with Gasteiger partial charge in [-0.15, -0.1) is 22.7 Å². The molecule has 4 heteroatoms. The number of carboxylic acid groups (broad SMARTS) is 1. The second-order valence-electron chi connectivity index (χ2n) is 5.55. The Morgan fingerprint density at radius 1 is 0.958 bits per heavy atom. The van der Waals surface area contributed by atoms with E-state index in [0.717, 1.165) is 16.7 Å². The molecule has 2 aromatic carbocycles. The predicted molar refractivity (Wildman–Crippen MR) is 102 cm³/mol. The first-order chi connectivity index (χ1) is 11.7. The van der Waals surface area contributed by atoms with Crippen molar-refractivity contribution < 1.29 is 9.90 Å². The number of thiophene rings is 2. The zero-order valence-electron chi connectivity index (χ0n) is 12.7. The van der Waals surface area contributed by atoms with Crippen LogP contribution >= 0.6 is 22.7 Å². The number of aliphatic carboxylic acids is 1. The molecule has 24 heavy (non-hydrogen) atoms. The fourth-order valence-corrected chi connectivity index (χ4v) is 5.26. The van der Waals surface area contributed by atoms with Gasteiger partial charge < -0.3 is 5.11 Å². The van der Waals surface area contributed by atoms with Crippen molar-refractivity contribution in [3.05, 3.63) is 71.6 Å². The van der Waals surface area contributed by atoms with Crippen molar-refractivity contribution >= 4 is 38.0 Å². The van der Waals surface area contributed by atoms with Gasteiger partial charge in [0.05, 0.1) is 11.1 Å². The molecule has 0 fully saturated rings. The number of benzene rings is 2. The topological polar surface area (TPSA) is 37.3 Å². The Labute approximate surface area is 147 Å². The lowest BCUT2D eigenvalue weighted by Crippen LogP contribution is -2.01. The molecule has 0 aliphatic rings. The van der Waals surface area contributed by atoms with Gasteiger partial charge in [0.25, 0.3) is 0 Å². The molecule has 0 unspecified atom stereocenters. The first-order valence-corrected chi connectivity index (χ1v) is 9.28. The minimum atomic E-state index is -0.801. The SMILES string of the molecule is O=C(O)Cc1ccccc1-c1csc2cc(-c3ccccc3)sc12. The molecule has 0 amide bonds. The Hall–Kier alpha value is -2.43. The molecule has 0 saturated heterocycles. The number of hydrogen-bond donors (Lipinski definition) is 1. The Kier molecular flexibility index (Phi) is 3.92. The van der Waals surface area contributed by atoms with Crippen LogP contribution in [0.2, 0.25) is 0 Å². The van der Waals surface area contributed by atoms with E-state index >= 15 is 0 Å². The van der Waals surface area contributed by atoms with Gasteiger partial charge in [-0.1, -0.05) is 54.6 Å². The van der Waals surface area contributed by atoms with Gasteiger partial charge in [0.1, 0.15) is 0 Å². The second-order valence-corrected chi connectivity index (χ2v) is 7.51. The maximum atomic E-state index is 11.1. The summed E-state index contributed by atoms with van der Waals surface area (Å²) in [6.07, 6.45) is 0.0461. The van der Waals surface area contributed by atoms with E-state index in [1.165, 1.54) is 19.8 Å². The van der Waals surface area contributed by atoms with Gasteiger partial charge in [0, 0.05) is 20.5 Å². The standard InChI is InChI=1S/C20H14O2S2/c21-19(22)10-14-8-4-5-9-15(14)16-12-23-18-11-17(24-20(16)18)13-6-2-1-3-7-13/h1-9,11-12H,10H2,(H,21,22). The first-order valence-electron chi connectivity index (χ1n) is 7.59. The smallest absolute Gasteiger partial charge is 0.307 e. The maximum Gasteiger partial charge on any atom is 0.307 e. The van der Waals surface area contributed by atoms with Crippen molar-refractivity contribution in [3.8, 4) is 21.6 Å². The van der Waals surface area contributed by atoms with Crippen LogP contribution in [0.3, 0.4) is 0 Å². The Balaban J connectivity index is 1.84. The molecule has 0 aliphatic carbocycles. The maximum absolute atomic E-state index is 11.1. The van der Waals surface area contributed by atoms with E-state index in [1.54, 1.807) is 22.7 Å². The minimum Gasteiger partial charge on any atom is -0.481 e. The van der Waals surface area contributed by atoms with Crippen LogP contribution in [0, 0.1) is 0 Å². The van der Waals surface area contributed by atoms with E-state index in [2.05, 4.69) is 23.6 Å². The summed E-state index contributed by atoms with van der Waals surface area (Å²) in [7, 11) is 0. The fourth-order valence-electron chi connectivity index (χ4n) is 2.86. The molecule has 1 N–H and O–H groups in total. The van der Waals surface area contributed by atoms with Crippen LogP contribution in [0.4, 0.5) is 0 Å². The molecule has 0 radical (unpaired) electrons. The largest absolute Gasteiger partial charge is 0.481 e. The van der Waals surface area contributed by atoms with E-state index < -0.39 is 5.97 Å². The van der Waals surface area contributed by atoms with Crippen molar-refractivity contribution in [3.63, 3.8) is 0 Å². The molecule has 2 nitrogen and oxygen atoms in total. The van der Waals surface area contributed by atoms with Gasteiger partial charge in [-0.2, -0.15) is 0 Å². The summed E-state index contributed by atoms with van der Waals surface area (Å²) in [6, 6.07) is 20.4. The zero-order valence-corrected chi connectivity index (χ0v) is 14.4. The third kappa shape index (κ3) is 2.75. The molecule has 4 rings (SSSR count). The number of hydrogen-bond acceptors (Lipinski definition) is 3. The van der Waals surface area contributed by atoms with Gasteiger partial charge in [0.15, 0.2) is 0 Å². The summed E-state index contributed by atoms with van der Waals surface area (Å²) in [5, 5.41) is 11.3. The molecule has 2 heterocycles. The van der Waals surface area contributed by atoms with Gasteiger partial charge in [-0.05, 0) is 22.8 Å². The molecule has 0 spiro atoms. The molecular weight excluding hydrogens is 336 g/mol. The van der Waals surface area contributed by atoms with Gasteiger partial charge in [-0.25, -0.2) is 0 Å². The highest BCUT2D eigenvalue weighted by molar-refractivity contribution is 7.29. The summed E-state index contributed by atoms with van der Waals surface area (Å²) in [5.74, 6) is -0.801. The predicted octanol–water partition coefficient (Wildman–Crippen LogP) is 5.92. The van der Waals surface area contributed by atoms with Crippen molar-refractivity contribution in [2.45, 2.75) is 6.42 Å². The summed E-state index contributed by atoms with van der Waals surface area (Å²) in [4.78, 5) is 12.4. The zero-order chi connectivity index (χ0) is 16.5. The molecule has 0 bridgehead atoms. The lowest BCUT2D eigenvalue weighted by molar-refractivity contribution is -0.136. The Morgan fingerprint density at radius 3 is 2.50 bits per heavy atom. The molecule has 4 aromatic rings. The molecule has 0 atom stereocenters. The van der Waals surface area contributed by atoms with Gasteiger partial charge in [0.2, 0.25) is 0 Å². The molecular formula is C20H14O2S2. The van der Waals surface area contributed by atoms with Crippen LogP contribution in [0.1, 0.15) is 5.56 Å². The van der Waals surface area contributed by atoms with Gasteiger partial charge in [-0.3, -0.25) is 4.79 Å². The summed E-state index contributed by atoms with van der Waals surface area (Å²) < 4.78 is 2.48. The van der Waals surface area contributed by atoms with Crippen molar-refractivity contribution in [2.75, 3.05) is 0 Å². The van der Waals surface area contributed by atoms with Crippen LogP contribution in [-0.2, 0) is 11.2 Å². The van der Waals surface area contributed by atoms with Crippen molar-refractivity contribution in [1.29, 1.82) is 0 Å². The summed E-state index contributed by atoms with van der Waals surface area (Å²) in [6.45, 7) is 0. The van der Waals surface area contributed by atoms with Gasteiger partial charge >= 0.3 is 5.97 Å². The molecule has 118 valence electrons. The summed E-state index contributed by atoms with van der Waals surface area (Å²) in [5.41, 5.74) is 4.24. The number of rotatable bonds is 4. The Morgan fingerprint density at radius 2 is 1.71 bits per heavy atom.